The molecule has 0 saturated heterocycles. The van der Waals surface area contributed by atoms with Crippen molar-refractivity contribution in [1.82, 2.24) is 20.2 Å². The van der Waals surface area contributed by atoms with E-state index in [0.717, 1.165) is 25.6 Å². The third-order valence-electron chi connectivity index (χ3n) is 4.14. The van der Waals surface area contributed by atoms with Crippen molar-refractivity contribution < 1.29 is 0 Å². The monoisotopic (exact) mass is 347 g/mol. The van der Waals surface area contributed by atoms with Crippen molar-refractivity contribution in [1.29, 1.82) is 0 Å². The second-order valence-electron chi connectivity index (χ2n) is 6.32. The minimum atomic E-state index is 0.727. The molecule has 1 heterocycles. The summed E-state index contributed by atoms with van der Waals surface area (Å²) in [5.74, 6) is 0.798. The highest BCUT2D eigenvalue weighted by Gasteiger charge is 2.01. The van der Waals surface area contributed by atoms with Gasteiger partial charge < -0.3 is 15.2 Å². The van der Waals surface area contributed by atoms with Crippen molar-refractivity contribution in [2.75, 3.05) is 7.05 Å². The molecule has 0 radical (unpaired) electrons. The van der Waals surface area contributed by atoms with Crippen molar-refractivity contribution in [3.8, 4) is 0 Å². The molecule has 0 unspecified atom stereocenters. The van der Waals surface area contributed by atoms with Gasteiger partial charge in [-0.1, -0.05) is 54.1 Å². The highest BCUT2D eigenvalue weighted by atomic mass is 15.2. The number of aliphatic imine (C=N–C) groups is 1. The van der Waals surface area contributed by atoms with Gasteiger partial charge in [0.1, 0.15) is 0 Å². The van der Waals surface area contributed by atoms with Gasteiger partial charge in [0.15, 0.2) is 5.96 Å². The first-order valence-corrected chi connectivity index (χ1v) is 8.76. The van der Waals surface area contributed by atoms with Gasteiger partial charge in [0.05, 0.1) is 6.33 Å². The molecule has 0 aliphatic carbocycles. The molecular weight excluding hydrogens is 322 g/mol. The molecule has 0 saturated carbocycles. The fourth-order valence-corrected chi connectivity index (χ4v) is 2.84. The Kier molecular flexibility index (Phi) is 6.04. The first-order valence-electron chi connectivity index (χ1n) is 8.76. The zero-order chi connectivity index (χ0) is 18.2. The van der Waals surface area contributed by atoms with Crippen LogP contribution in [0.25, 0.3) is 0 Å². The lowest BCUT2D eigenvalue weighted by Gasteiger charge is -2.13. The van der Waals surface area contributed by atoms with Crippen LogP contribution in [0.2, 0.25) is 0 Å². The van der Waals surface area contributed by atoms with Crippen molar-refractivity contribution >= 4 is 5.96 Å². The Bertz CT molecular complexity index is 852. The van der Waals surface area contributed by atoms with E-state index in [4.69, 9.17) is 0 Å². The average Bonchev–Trinajstić information content (AvgIpc) is 3.15. The number of hydrogen-bond donors (Lipinski definition) is 2. The summed E-state index contributed by atoms with van der Waals surface area (Å²) in [6.45, 7) is 4.41. The maximum Gasteiger partial charge on any atom is 0.191 e. The van der Waals surface area contributed by atoms with Crippen LogP contribution < -0.4 is 10.6 Å². The van der Waals surface area contributed by atoms with Crippen LogP contribution in [0.1, 0.15) is 22.3 Å². The summed E-state index contributed by atoms with van der Waals surface area (Å²) in [7, 11) is 1.79. The van der Waals surface area contributed by atoms with Crippen LogP contribution in [0.3, 0.4) is 0 Å². The number of guanidine groups is 1. The molecule has 134 valence electrons. The maximum atomic E-state index is 4.31. The Labute approximate surface area is 154 Å². The highest BCUT2D eigenvalue weighted by Crippen LogP contribution is 2.07. The van der Waals surface area contributed by atoms with Crippen LogP contribution in [-0.4, -0.2) is 22.6 Å². The minimum absolute atomic E-state index is 0.727. The summed E-state index contributed by atoms with van der Waals surface area (Å²) in [6, 6.07) is 17.0. The number of rotatable bonds is 6. The summed E-state index contributed by atoms with van der Waals surface area (Å²) in [6.07, 6.45) is 5.61. The molecule has 0 bridgehead atoms. The number of nitrogens with one attached hydrogen (secondary N) is 2. The van der Waals surface area contributed by atoms with Crippen LogP contribution >= 0.6 is 0 Å². The second kappa shape index (κ2) is 8.85. The van der Waals surface area contributed by atoms with Crippen molar-refractivity contribution in [2.45, 2.75) is 26.6 Å². The average molecular weight is 347 g/mol. The van der Waals surface area contributed by atoms with Crippen LogP contribution in [0.4, 0.5) is 0 Å². The van der Waals surface area contributed by atoms with Crippen LogP contribution in [-0.2, 0) is 19.6 Å². The zero-order valence-electron chi connectivity index (χ0n) is 15.3. The zero-order valence-corrected chi connectivity index (χ0v) is 15.3. The van der Waals surface area contributed by atoms with E-state index in [1.54, 1.807) is 13.2 Å². The Hall–Kier alpha value is -3.08. The minimum Gasteiger partial charge on any atom is -0.352 e. The Morgan fingerprint density at radius 1 is 1.00 bits per heavy atom. The molecule has 0 amide bonds. The summed E-state index contributed by atoms with van der Waals surface area (Å²) < 4.78 is 2.06. The largest absolute Gasteiger partial charge is 0.352 e. The Morgan fingerprint density at radius 3 is 2.35 bits per heavy atom. The van der Waals surface area contributed by atoms with Gasteiger partial charge in [-0.05, 0) is 23.6 Å². The van der Waals surface area contributed by atoms with E-state index in [1.807, 2.05) is 12.5 Å². The molecule has 3 aromatic rings. The molecule has 0 aliphatic heterocycles. The molecule has 0 fully saturated rings. The van der Waals surface area contributed by atoms with E-state index >= 15 is 0 Å². The second-order valence-corrected chi connectivity index (χ2v) is 6.32. The number of aromatic nitrogens is 2. The maximum absolute atomic E-state index is 4.31. The lowest BCUT2D eigenvalue weighted by Crippen LogP contribution is -2.36. The Balaban J connectivity index is 1.53. The van der Waals surface area contributed by atoms with Gasteiger partial charge >= 0.3 is 0 Å². The number of hydrogen-bond acceptors (Lipinski definition) is 2. The third-order valence-corrected chi connectivity index (χ3v) is 4.14. The molecule has 26 heavy (non-hydrogen) atoms. The fourth-order valence-electron chi connectivity index (χ4n) is 2.84. The van der Waals surface area contributed by atoms with E-state index in [-0.39, 0.29) is 0 Å². The van der Waals surface area contributed by atoms with Gasteiger partial charge in [-0.25, -0.2) is 4.98 Å². The lowest BCUT2D eigenvalue weighted by atomic mass is 10.1. The lowest BCUT2D eigenvalue weighted by molar-refractivity contribution is 0.787. The molecule has 5 heteroatoms. The number of nitrogens with zero attached hydrogens (tertiary/aromatic N) is 3. The molecule has 0 atom stereocenters. The first kappa shape index (κ1) is 17.7. The van der Waals surface area contributed by atoms with E-state index in [1.165, 1.54) is 22.3 Å². The normalized spacial score (nSPS) is 11.4. The van der Waals surface area contributed by atoms with E-state index in [0.29, 0.717) is 0 Å². The van der Waals surface area contributed by atoms with E-state index < -0.39 is 0 Å². The third kappa shape index (κ3) is 5.21. The summed E-state index contributed by atoms with van der Waals surface area (Å²) >= 11 is 0. The number of aryl methyl sites for hydroxylation is 1. The highest BCUT2D eigenvalue weighted by molar-refractivity contribution is 5.79. The quantitative estimate of drug-likeness (QED) is 0.532. The van der Waals surface area contributed by atoms with E-state index in [9.17, 15) is 0 Å². The predicted octanol–water partition coefficient (Wildman–Crippen LogP) is 3.11. The summed E-state index contributed by atoms with van der Waals surface area (Å²) in [5, 5.41) is 6.74. The topological polar surface area (TPSA) is 54.2 Å². The SMILES string of the molecule is CN=C(NCc1cccc(C)c1)NCc1cccc(Cn2ccnc2)c1. The van der Waals surface area contributed by atoms with Gasteiger partial charge in [-0.3, -0.25) is 4.99 Å². The van der Waals surface area contributed by atoms with Gasteiger partial charge in [-0.15, -0.1) is 0 Å². The first-order chi connectivity index (χ1) is 12.7. The standard InChI is InChI=1S/C21H25N5/c1-17-5-3-6-18(11-17)13-24-21(22-2)25-14-19-7-4-8-20(12-19)15-26-10-9-23-16-26/h3-12,16H,13-15H2,1-2H3,(H2,22,24,25). The van der Waals surface area contributed by atoms with Crippen molar-refractivity contribution in [2.24, 2.45) is 4.99 Å². The molecule has 1 aromatic heterocycles. The van der Waals surface area contributed by atoms with Crippen LogP contribution in [0, 0.1) is 6.92 Å². The van der Waals surface area contributed by atoms with Gasteiger partial charge in [0.25, 0.3) is 0 Å². The molecular formula is C21H25N5. The van der Waals surface area contributed by atoms with Crippen molar-refractivity contribution in [3.63, 3.8) is 0 Å². The van der Waals surface area contributed by atoms with Gasteiger partial charge in [-0.2, -0.15) is 0 Å². The predicted molar refractivity (Wildman–Crippen MR) is 106 cm³/mol. The van der Waals surface area contributed by atoms with Crippen LogP contribution in [0.15, 0.2) is 72.2 Å². The number of imidazole rings is 1. The number of benzene rings is 2. The molecule has 0 aliphatic rings. The van der Waals surface area contributed by atoms with Crippen molar-refractivity contribution in [3.05, 3.63) is 89.5 Å². The smallest absolute Gasteiger partial charge is 0.191 e. The fraction of sp³-hybridized carbons (Fsp3) is 0.238. The molecule has 2 N–H and O–H groups in total. The van der Waals surface area contributed by atoms with Gasteiger partial charge in [0.2, 0.25) is 0 Å². The molecule has 3 rings (SSSR count). The Morgan fingerprint density at radius 2 is 1.69 bits per heavy atom. The molecule has 5 nitrogen and oxygen atoms in total. The molecule has 0 spiro atoms. The summed E-state index contributed by atoms with van der Waals surface area (Å²) in [5.41, 5.74) is 4.99. The summed E-state index contributed by atoms with van der Waals surface area (Å²) in [4.78, 5) is 8.39. The van der Waals surface area contributed by atoms with E-state index in [2.05, 4.69) is 80.6 Å². The van der Waals surface area contributed by atoms with Gasteiger partial charge in [0, 0.05) is 39.1 Å². The molecule has 2 aromatic carbocycles. The van der Waals surface area contributed by atoms with Crippen LogP contribution in [0.5, 0.6) is 0 Å².